The van der Waals surface area contributed by atoms with Crippen LogP contribution in [0.5, 0.6) is 0 Å². The smallest absolute Gasteiger partial charge is 0.234 e. The van der Waals surface area contributed by atoms with Crippen LogP contribution >= 0.6 is 11.8 Å². The standard InChI is InChI=1S/C19H28N2O4S2/c1-14(2)26-16-6-4-15(5-7-16)12-19(23)21-10-8-17(9-11-21)27(24,25)13-18(22)20-3/h4-7,14,17H,8-13H2,1-3H3,(H,20,22). The van der Waals surface area contributed by atoms with Gasteiger partial charge in [0.15, 0.2) is 9.84 Å². The van der Waals surface area contributed by atoms with Crippen molar-refractivity contribution >= 4 is 33.4 Å². The third-order valence-corrected chi connectivity index (χ3v) is 7.73. The van der Waals surface area contributed by atoms with Crippen molar-refractivity contribution in [3.05, 3.63) is 29.8 Å². The summed E-state index contributed by atoms with van der Waals surface area (Å²) in [5, 5.41) is 2.31. The Bertz CT molecular complexity index is 752. The lowest BCUT2D eigenvalue weighted by atomic mass is 10.1. The van der Waals surface area contributed by atoms with Gasteiger partial charge >= 0.3 is 0 Å². The Morgan fingerprint density at radius 3 is 2.30 bits per heavy atom. The third kappa shape index (κ3) is 6.53. The van der Waals surface area contributed by atoms with E-state index in [0.717, 1.165) is 5.56 Å². The molecule has 1 aromatic rings. The van der Waals surface area contributed by atoms with E-state index in [1.165, 1.54) is 11.9 Å². The zero-order chi connectivity index (χ0) is 20.0. The molecular weight excluding hydrogens is 384 g/mol. The second-order valence-corrected chi connectivity index (χ2v) is 11.0. The second kappa shape index (κ2) is 9.59. The van der Waals surface area contributed by atoms with Crippen LogP contribution in [-0.2, 0) is 25.8 Å². The van der Waals surface area contributed by atoms with E-state index in [1.54, 1.807) is 16.7 Å². The van der Waals surface area contributed by atoms with Crippen LogP contribution in [0.4, 0.5) is 0 Å². The number of carbonyl (C=O) groups is 2. The molecule has 8 heteroatoms. The van der Waals surface area contributed by atoms with E-state index in [-0.39, 0.29) is 5.91 Å². The summed E-state index contributed by atoms with van der Waals surface area (Å²) in [6, 6.07) is 8.02. The lowest BCUT2D eigenvalue weighted by Crippen LogP contribution is -2.44. The van der Waals surface area contributed by atoms with Crippen molar-refractivity contribution in [1.82, 2.24) is 10.2 Å². The molecule has 2 rings (SSSR count). The van der Waals surface area contributed by atoms with Gasteiger partial charge in [-0.1, -0.05) is 26.0 Å². The minimum absolute atomic E-state index is 0.0152. The van der Waals surface area contributed by atoms with Crippen LogP contribution in [0.2, 0.25) is 0 Å². The molecule has 27 heavy (non-hydrogen) atoms. The van der Waals surface area contributed by atoms with Gasteiger partial charge < -0.3 is 10.2 Å². The van der Waals surface area contributed by atoms with Gasteiger partial charge in [-0.2, -0.15) is 0 Å². The van der Waals surface area contributed by atoms with Gasteiger partial charge in [-0.15, -0.1) is 11.8 Å². The van der Waals surface area contributed by atoms with Crippen LogP contribution in [0.3, 0.4) is 0 Å². The predicted molar refractivity (Wildman–Crippen MR) is 109 cm³/mol. The Labute approximate surface area is 166 Å². The highest BCUT2D eigenvalue weighted by atomic mass is 32.2. The molecule has 0 bridgehead atoms. The number of nitrogens with one attached hydrogen (secondary N) is 1. The molecule has 150 valence electrons. The fourth-order valence-electron chi connectivity index (χ4n) is 3.08. The number of sulfone groups is 1. The van der Waals surface area contributed by atoms with Gasteiger partial charge in [0.25, 0.3) is 0 Å². The van der Waals surface area contributed by atoms with Crippen molar-refractivity contribution in [3.63, 3.8) is 0 Å². The van der Waals surface area contributed by atoms with Crippen molar-refractivity contribution < 1.29 is 18.0 Å². The maximum atomic E-state index is 12.5. The SMILES string of the molecule is CNC(=O)CS(=O)(=O)C1CCN(C(=O)Cc2ccc(SC(C)C)cc2)CC1. The van der Waals surface area contributed by atoms with Crippen LogP contribution < -0.4 is 5.32 Å². The molecule has 0 saturated carbocycles. The number of rotatable bonds is 7. The van der Waals surface area contributed by atoms with Crippen molar-refractivity contribution in [1.29, 1.82) is 0 Å². The van der Waals surface area contributed by atoms with E-state index in [9.17, 15) is 18.0 Å². The van der Waals surface area contributed by atoms with Gasteiger partial charge in [-0.25, -0.2) is 8.42 Å². The summed E-state index contributed by atoms with van der Waals surface area (Å²) < 4.78 is 24.5. The number of carbonyl (C=O) groups excluding carboxylic acids is 2. The molecular formula is C19H28N2O4S2. The fourth-order valence-corrected chi connectivity index (χ4v) is 5.59. The van der Waals surface area contributed by atoms with E-state index < -0.39 is 26.7 Å². The molecule has 1 aliphatic heterocycles. The van der Waals surface area contributed by atoms with Crippen molar-refractivity contribution in [2.75, 3.05) is 25.9 Å². The molecule has 1 saturated heterocycles. The monoisotopic (exact) mass is 412 g/mol. The molecule has 2 amide bonds. The molecule has 6 nitrogen and oxygen atoms in total. The van der Waals surface area contributed by atoms with Gasteiger partial charge in [0.05, 0.1) is 11.7 Å². The number of likely N-dealkylation sites (tertiary alicyclic amines) is 1. The lowest BCUT2D eigenvalue weighted by Gasteiger charge is -2.31. The van der Waals surface area contributed by atoms with E-state index in [1.807, 2.05) is 24.3 Å². The number of nitrogens with zero attached hydrogens (tertiary/aromatic N) is 1. The Balaban J connectivity index is 1.86. The third-order valence-electron chi connectivity index (χ3n) is 4.56. The zero-order valence-corrected chi connectivity index (χ0v) is 17.7. The average molecular weight is 413 g/mol. The molecule has 0 unspecified atom stereocenters. The van der Waals surface area contributed by atoms with Crippen molar-refractivity contribution in [3.8, 4) is 0 Å². The summed E-state index contributed by atoms with van der Waals surface area (Å²) in [7, 11) is -2.05. The molecule has 0 aromatic heterocycles. The Kier molecular flexibility index (Phi) is 7.73. The van der Waals surface area contributed by atoms with E-state index in [2.05, 4.69) is 19.2 Å². The first-order valence-electron chi connectivity index (χ1n) is 9.17. The number of piperidine rings is 1. The molecule has 1 fully saturated rings. The molecule has 1 aliphatic rings. The summed E-state index contributed by atoms with van der Waals surface area (Å²) in [6.45, 7) is 5.11. The molecule has 0 spiro atoms. The molecule has 1 heterocycles. The number of hydrogen-bond acceptors (Lipinski definition) is 5. The summed E-state index contributed by atoms with van der Waals surface area (Å²) in [5.41, 5.74) is 0.961. The molecule has 1 N–H and O–H groups in total. The van der Waals surface area contributed by atoms with E-state index in [4.69, 9.17) is 0 Å². The minimum atomic E-state index is -3.47. The van der Waals surface area contributed by atoms with E-state index >= 15 is 0 Å². The quantitative estimate of drug-likeness (QED) is 0.692. The van der Waals surface area contributed by atoms with Gasteiger partial charge in [0.1, 0.15) is 5.75 Å². The van der Waals surface area contributed by atoms with Crippen molar-refractivity contribution in [2.24, 2.45) is 0 Å². The normalized spacial score (nSPS) is 15.8. The number of benzene rings is 1. The number of thioether (sulfide) groups is 1. The Morgan fingerprint density at radius 1 is 1.19 bits per heavy atom. The predicted octanol–water partition coefficient (Wildman–Crippen LogP) is 1.88. The first-order chi connectivity index (χ1) is 12.7. The topological polar surface area (TPSA) is 83.6 Å². The second-order valence-electron chi connectivity index (χ2n) is 7.05. The fraction of sp³-hybridized carbons (Fsp3) is 0.579. The summed E-state index contributed by atoms with van der Waals surface area (Å²) >= 11 is 1.78. The maximum Gasteiger partial charge on any atom is 0.234 e. The van der Waals surface area contributed by atoms with Crippen molar-refractivity contribution in [2.45, 2.75) is 48.5 Å². The Morgan fingerprint density at radius 2 is 1.78 bits per heavy atom. The molecule has 0 atom stereocenters. The number of amides is 2. The summed E-state index contributed by atoms with van der Waals surface area (Å²) in [4.78, 5) is 26.8. The highest BCUT2D eigenvalue weighted by molar-refractivity contribution is 7.99. The number of hydrogen-bond donors (Lipinski definition) is 1. The lowest BCUT2D eigenvalue weighted by molar-refractivity contribution is -0.131. The Hall–Kier alpha value is -1.54. The maximum absolute atomic E-state index is 12.5. The molecule has 0 radical (unpaired) electrons. The van der Waals surface area contributed by atoms with Gasteiger partial charge in [0, 0.05) is 30.3 Å². The van der Waals surface area contributed by atoms with Crippen LogP contribution in [0.25, 0.3) is 0 Å². The highest BCUT2D eigenvalue weighted by Gasteiger charge is 2.32. The van der Waals surface area contributed by atoms with Gasteiger partial charge in [-0.3, -0.25) is 9.59 Å². The molecule has 0 aliphatic carbocycles. The first kappa shape index (κ1) is 21.8. The summed E-state index contributed by atoms with van der Waals surface area (Å²) in [5.74, 6) is -0.961. The summed E-state index contributed by atoms with van der Waals surface area (Å²) in [6.07, 6.45) is 1.09. The van der Waals surface area contributed by atoms with Crippen LogP contribution in [0, 0.1) is 0 Å². The van der Waals surface area contributed by atoms with Crippen LogP contribution in [0.15, 0.2) is 29.2 Å². The van der Waals surface area contributed by atoms with Gasteiger partial charge in [0.2, 0.25) is 11.8 Å². The van der Waals surface area contributed by atoms with Crippen LogP contribution in [0.1, 0.15) is 32.3 Å². The van der Waals surface area contributed by atoms with E-state index in [0.29, 0.717) is 37.6 Å². The first-order valence-corrected chi connectivity index (χ1v) is 11.8. The minimum Gasteiger partial charge on any atom is -0.358 e. The zero-order valence-electron chi connectivity index (χ0n) is 16.1. The van der Waals surface area contributed by atoms with Gasteiger partial charge in [-0.05, 0) is 30.5 Å². The highest BCUT2D eigenvalue weighted by Crippen LogP contribution is 2.24. The van der Waals surface area contributed by atoms with Crippen LogP contribution in [-0.4, -0.2) is 61.5 Å². The average Bonchev–Trinajstić information content (AvgIpc) is 2.62. The molecule has 1 aromatic carbocycles. The largest absolute Gasteiger partial charge is 0.358 e.